The van der Waals surface area contributed by atoms with Crippen LogP contribution in [0, 0.1) is 29.3 Å². The Morgan fingerprint density at radius 3 is 2.47 bits per heavy atom. The first-order valence-electron chi connectivity index (χ1n) is 11.2. The molecule has 2 aromatic carbocycles. The van der Waals surface area contributed by atoms with Gasteiger partial charge >= 0.3 is 5.97 Å². The van der Waals surface area contributed by atoms with E-state index in [-0.39, 0.29) is 44.3 Å². The number of aromatic carboxylic acids is 1. The van der Waals surface area contributed by atoms with Crippen LogP contribution < -0.4 is 0 Å². The highest BCUT2D eigenvalue weighted by atomic mass is 19.2. The van der Waals surface area contributed by atoms with Crippen molar-refractivity contribution in [3.8, 4) is 16.8 Å². The molecule has 180 valence electrons. The number of hydrogen-bond acceptors (Lipinski definition) is 4. The average molecular weight is 492 g/mol. The molecule has 0 bridgehead atoms. The normalized spacial score (nSPS) is 13.6. The maximum atomic E-state index is 15.0. The highest BCUT2D eigenvalue weighted by molar-refractivity contribution is 6.04. The van der Waals surface area contributed by atoms with Gasteiger partial charge in [-0.15, -0.1) is 0 Å². The summed E-state index contributed by atoms with van der Waals surface area (Å²) < 4.78 is 59.7. The molecule has 1 N–H and O–H groups in total. The van der Waals surface area contributed by atoms with Crippen molar-refractivity contribution in [3.05, 3.63) is 83.6 Å². The fourth-order valence-electron chi connectivity index (χ4n) is 4.53. The Kier molecular flexibility index (Phi) is 4.99. The Morgan fingerprint density at radius 2 is 1.72 bits per heavy atom. The van der Waals surface area contributed by atoms with Gasteiger partial charge in [0.25, 0.3) is 0 Å². The number of aromatic nitrogens is 4. The lowest BCUT2D eigenvalue weighted by atomic mass is 10.0. The van der Waals surface area contributed by atoms with Crippen LogP contribution in [0.15, 0.2) is 48.8 Å². The smallest absolute Gasteiger partial charge is 0.337 e. The van der Waals surface area contributed by atoms with Crippen molar-refractivity contribution in [1.29, 1.82) is 0 Å². The van der Waals surface area contributed by atoms with Gasteiger partial charge in [-0.3, -0.25) is 9.55 Å². The topological polar surface area (TPSA) is 80.9 Å². The van der Waals surface area contributed by atoms with E-state index in [1.165, 1.54) is 30.5 Å². The molecule has 5 aromatic rings. The molecule has 6 rings (SSSR count). The molecule has 0 atom stereocenters. The monoisotopic (exact) mass is 492 g/mol. The van der Waals surface area contributed by atoms with E-state index in [4.69, 9.17) is 0 Å². The van der Waals surface area contributed by atoms with Gasteiger partial charge in [-0.05, 0) is 60.7 Å². The summed E-state index contributed by atoms with van der Waals surface area (Å²) >= 11 is 0. The molecule has 1 fully saturated rings. The number of fused-ring (bicyclic) bond motifs is 2. The van der Waals surface area contributed by atoms with Crippen molar-refractivity contribution in [2.75, 3.05) is 0 Å². The van der Waals surface area contributed by atoms with E-state index < -0.39 is 29.4 Å². The summed E-state index contributed by atoms with van der Waals surface area (Å²) in [6, 6.07) is 7.37. The van der Waals surface area contributed by atoms with Gasteiger partial charge in [0.15, 0.2) is 5.82 Å². The molecule has 36 heavy (non-hydrogen) atoms. The van der Waals surface area contributed by atoms with Crippen molar-refractivity contribution in [3.63, 3.8) is 0 Å². The first-order valence-corrected chi connectivity index (χ1v) is 11.2. The molecule has 1 aliphatic carbocycles. The largest absolute Gasteiger partial charge is 0.478 e. The minimum Gasteiger partial charge on any atom is -0.478 e. The molecule has 0 saturated heterocycles. The predicted octanol–water partition coefficient (Wildman–Crippen LogP) is 5.84. The highest BCUT2D eigenvalue weighted by Crippen LogP contribution is 2.38. The fraction of sp³-hybridized carbons (Fsp3) is 0.154. The number of halogens is 4. The summed E-state index contributed by atoms with van der Waals surface area (Å²) in [4.78, 5) is 24.1. The van der Waals surface area contributed by atoms with Gasteiger partial charge < -0.3 is 5.11 Å². The zero-order valence-corrected chi connectivity index (χ0v) is 18.5. The van der Waals surface area contributed by atoms with Gasteiger partial charge in [0.1, 0.15) is 28.5 Å². The van der Waals surface area contributed by atoms with Gasteiger partial charge in [-0.25, -0.2) is 27.9 Å². The van der Waals surface area contributed by atoms with Crippen molar-refractivity contribution in [1.82, 2.24) is 19.5 Å². The van der Waals surface area contributed by atoms with Gasteiger partial charge in [-0.1, -0.05) is 0 Å². The van der Waals surface area contributed by atoms with E-state index in [0.717, 1.165) is 31.2 Å². The van der Waals surface area contributed by atoms with Crippen LogP contribution in [-0.4, -0.2) is 30.6 Å². The molecule has 0 amide bonds. The van der Waals surface area contributed by atoms with Gasteiger partial charge in [0, 0.05) is 24.4 Å². The van der Waals surface area contributed by atoms with E-state index in [2.05, 4.69) is 15.0 Å². The Bertz CT molecular complexity index is 1710. The van der Waals surface area contributed by atoms with Crippen molar-refractivity contribution < 1.29 is 27.5 Å². The van der Waals surface area contributed by atoms with Crippen LogP contribution in [0.2, 0.25) is 0 Å². The average Bonchev–Trinajstić information content (AvgIpc) is 3.60. The summed E-state index contributed by atoms with van der Waals surface area (Å²) in [7, 11) is 0. The van der Waals surface area contributed by atoms with E-state index in [0.29, 0.717) is 18.2 Å². The molecule has 1 aliphatic rings. The third kappa shape index (κ3) is 3.48. The third-order valence-corrected chi connectivity index (χ3v) is 6.40. The van der Waals surface area contributed by atoms with Crippen molar-refractivity contribution >= 4 is 27.9 Å². The molecule has 3 aromatic heterocycles. The zero-order valence-electron chi connectivity index (χ0n) is 18.5. The highest BCUT2D eigenvalue weighted by Gasteiger charge is 2.28. The van der Waals surface area contributed by atoms with Crippen molar-refractivity contribution in [2.24, 2.45) is 5.92 Å². The molecule has 0 spiro atoms. The summed E-state index contributed by atoms with van der Waals surface area (Å²) in [5.41, 5.74) is -0.0106. The van der Waals surface area contributed by atoms with Crippen LogP contribution in [0.25, 0.3) is 38.8 Å². The SMILES string of the molecule is O=C(O)c1cc(-c2ccnc(F)c2F)cc2c1nc(CC1CC1)n2-c1ccnc2c(F)ccc(F)c12. The standard InChI is InChI=1S/C26H16F4N4O2/c27-16-3-4-17(28)24-21(16)18(6-8-31-24)34-19-11-13(14-5-7-32-25(30)22(14)29)10-15(26(35)36)23(19)33-20(34)9-12-1-2-12/h3-8,10-12H,1-2,9H2,(H,35,36). The predicted molar refractivity (Wildman–Crippen MR) is 123 cm³/mol. The maximum Gasteiger partial charge on any atom is 0.337 e. The van der Waals surface area contributed by atoms with E-state index in [1.54, 1.807) is 4.57 Å². The number of carboxylic acids is 1. The number of carboxylic acid groups (broad SMARTS) is 1. The molecule has 3 heterocycles. The summed E-state index contributed by atoms with van der Waals surface area (Å²) in [6.45, 7) is 0. The first-order chi connectivity index (χ1) is 17.3. The fourth-order valence-corrected chi connectivity index (χ4v) is 4.53. The van der Waals surface area contributed by atoms with Crippen molar-refractivity contribution in [2.45, 2.75) is 19.3 Å². The lowest BCUT2D eigenvalue weighted by Gasteiger charge is -2.14. The molecular formula is C26H16F4N4O2. The van der Waals surface area contributed by atoms with E-state index in [1.807, 2.05) is 0 Å². The lowest BCUT2D eigenvalue weighted by Crippen LogP contribution is -2.05. The third-order valence-electron chi connectivity index (χ3n) is 6.40. The maximum absolute atomic E-state index is 15.0. The molecule has 0 unspecified atom stereocenters. The first kappa shape index (κ1) is 22.1. The van der Waals surface area contributed by atoms with Gasteiger partial charge in [0.05, 0.1) is 22.2 Å². The summed E-state index contributed by atoms with van der Waals surface area (Å²) in [5.74, 6) is -4.56. The Labute approximate surface area is 200 Å². The van der Waals surface area contributed by atoms with Crippen LogP contribution in [0.5, 0.6) is 0 Å². The Balaban J connectivity index is 1.74. The molecular weight excluding hydrogens is 476 g/mol. The number of benzene rings is 2. The summed E-state index contributed by atoms with van der Waals surface area (Å²) in [6.07, 6.45) is 4.79. The van der Waals surface area contributed by atoms with Gasteiger partial charge in [-0.2, -0.15) is 4.39 Å². The van der Waals surface area contributed by atoms with Crippen LogP contribution in [0.3, 0.4) is 0 Å². The number of carbonyl (C=O) groups is 1. The quantitative estimate of drug-likeness (QED) is 0.246. The van der Waals surface area contributed by atoms with E-state index >= 15 is 4.39 Å². The minimum absolute atomic E-state index is 0.0721. The molecule has 0 aliphatic heterocycles. The zero-order chi connectivity index (χ0) is 25.1. The number of pyridine rings is 2. The second-order valence-corrected chi connectivity index (χ2v) is 8.75. The second-order valence-electron chi connectivity index (χ2n) is 8.75. The molecule has 0 radical (unpaired) electrons. The number of imidazole rings is 1. The lowest BCUT2D eigenvalue weighted by molar-refractivity contribution is 0.0699. The van der Waals surface area contributed by atoms with Crippen LogP contribution >= 0.6 is 0 Å². The van der Waals surface area contributed by atoms with Crippen LogP contribution in [0.1, 0.15) is 29.0 Å². The van der Waals surface area contributed by atoms with Gasteiger partial charge in [0.2, 0.25) is 5.95 Å². The number of hydrogen-bond donors (Lipinski definition) is 1. The molecule has 1 saturated carbocycles. The minimum atomic E-state index is -1.33. The second kappa shape index (κ2) is 8.11. The van der Waals surface area contributed by atoms with Crippen LogP contribution in [0.4, 0.5) is 17.6 Å². The number of nitrogens with zero attached hydrogens (tertiary/aromatic N) is 4. The molecule has 6 nitrogen and oxygen atoms in total. The Morgan fingerprint density at radius 1 is 0.972 bits per heavy atom. The summed E-state index contributed by atoms with van der Waals surface area (Å²) in [5, 5.41) is 9.85. The molecule has 10 heteroatoms. The number of rotatable bonds is 5. The van der Waals surface area contributed by atoms with Crippen LogP contribution in [-0.2, 0) is 6.42 Å². The van der Waals surface area contributed by atoms with E-state index in [9.17, 15) is 23.1 Å². The Hall–Kier alpha value is -4.34.